The lowest BCUT2D eigenvalue weighted by Gasteiger charge is -2.42. The summed E-state index contributed by atoms with van der Waals surface area (Å²) in [5.41, 5.74) is -0.548. The second kappa shape index (κ2) is 7.26. The van der Waals surface area contributed by atoms with Gasteiger partial charge >= 0.3 is 5.97 Å². The van der Waals surface area contributed by atoms with Crippen LogP contribution in [0, 0.1) is 0 Å². The number of carboxylic acid groups (broad SMARTS) is 1. The maximum Gasteiger partial charge on any atom is 0.341 e. The van der Waals surface area contributed by atoms with Gasteiger partial charge in [-0.1, -0.05) is 0 Å². The summed E-state index contributed by atoms with van der Waals surface area (Å²) in [5, 5.41) is 9.25. The molecule has 1 aliphatic carbocycles. The Balaban J connectivity index is 1.63. The second-order valence-corrected chi connectivity index (χ2v) is 12.0. The molecule has 0 spiro atoms. The molecule has 1 saturated heterocycles. The van der Waals surface area contributed by atoms with E-state index < -0.39 is 42.2 Å². The van der Waals surface area contributed by atoms with Crippen molar-refractivity contribution in [1.82, 2.24) is 9.55 Å². The largest absolute Gasteiger partial charge is 0.490 e. The molecule has 10 nitrogen and oxygen atoms in total. The van der Waals surface area contributed by atoms with E-state index in [2.05, 4.69) is 4.98 Å². The van der Waals surface area contributed by atoms with Crippen LogP contribution in [-0.2, 0) is 26.4 Å². The predicted molar refractivity (Wildman–Crippen MR) is 115 cm³/mol. The SMILES string of the molecule is Cn1c(=O)c(C(=O)O)cc2nccc(OCC3(S(=O)(=O)C4(C)COC(C)(C)OC4)CC3)c21. The van der Waals surface area contributed by atoms with Crippen molar-refractivity contribution in [1.29, 1.82) is 0 Å². The van der Waals surface area contributed by atoms with Crippen LogP contribution in [0.15, 0.2) is 23.1 Å². The number of ether oxygens (including phenoxy) is 3. The molecule has 0 unspecified atom stereocenters. The van der Waals surface area contributed by atoms with Crippen molar-refractivity contribution >= 4 is 26.8 Å². The van der Waals surface area contributed by atoms with Gasteiger partial charge in [0, 0.05) is 19.3 Å². The summed E-state index contributed by atoms with van der Waals surface area (Å²) in [6.07, 6.45) is 2.31. The minimum absolute atomic E-state index is 0.0226. The fourth-order valence-corrected chi connectivity index (χ4v) is 6.23. The first-order valence-electron chi connectivity index (χ1n) is 10.2. The van der Waals surface area contributed by atoms with E-state index in [9.17, 15) is 23.1 Å². The Kier molecular flexibility index (Phi) is 5.14. The molecule has 2 aliphatic rings. The molecule has 1 aliphatic heterocycles. The van der Waals surface area contributed by atoms with Crippen LogP contribution in [0.5, 0.6) is 5.75 Å². The molecule has 2 fully saturated rings. The number of hydrogen-bond acceptors (Lipinski definition) is 8. The van der Waals surface area contributed by atoms with Gasteiger partial charge < -0.3 is 23.9 Å². The highest BCUT2D eigenvalue weighted by Crippen LogP contribution is 2.50. The summed E-state index contributed by atoms with van der Waals surface area (Å²) >= 11 is 0. The van der Waals surface area contributed by atoms with Gasteiger partial charge in [0.05, 0.1) is 18.7 Å². The second-order valence-electron chi connectivity index (χ2n) is 9.17. The van der Waals surface area contributed by atoms with Crippen LogP contribution >= 0.6 is 0 Å². The molecular weight excluding hydrogens is 440 g/mol. The fraction of sp³-hybridized carbons (Fsp3) is 0.571. The molecule has 0 amide bonds. The number of aryl methyl sites for hydroxylation is 1. The van der Waals surface area contributed by atoms with Crippen molar-refractivity contribution in [3.8, 4) is 5.75 Å². The Morgan fingerprint density at radius 3 is 2.44 bits per heavy atom. The van der Waals surface area contributed by atoms with Crippen LogP contribution in [0.25, 0.3) is 11.0 Å². The van der Waals surface area contributed by atoms with Gasteiger partial charge in [-0.05, 0) is 39.7 Å². The smallest absolute Gasteiger partial charge is 0.341 e. The van der Waals surface area contributed by atoms with Gasteiger partial charge in [0.2, 0.25) is 0 Å². The van der Waals surface area contributed by atoms with Crippen LogP contribution in [0.1, 0.15) is 44.0 Å². The molecular formula is C21H26N2O8S. The number of pyridine rings is 2. The topological polar surface area (TPSA) is 134 Å². The molecule has 3 heterocycles. The van der Waals surface area contributed by atoms with E-state index in [4.69, 9.17) is 14.2 Å². The highest BCUT2D eigenvalue weighted by Gasteiger charge is 2.63. The number of fused-ring (bicyclic) bond motifs is 1. The summed E-state index contributed by atoms with van der Waals surface area (Å²) in [5.74, 6) is -1.93. The van der Waals surface area contributed by atoms with E-state index in [0.717, 1.165) is 4.57 Å². The molecule has 0 bridgehead atoms. The number of aromatic nitrogens is 2. The van der Waals surface area contributed by atoms with Crippen LogP contribution in [0.3, 0.4) is 0 Å². The van der Waals surface area contributed by atoms with Crippen LogP contribution in [-0.4, -0.2) is 64.1 Å². The maximum absolute atomic E-state index is 13.6. The fourth-order valence-electron chi connectivity index (χ4n) is 3.90. The van der Waals surface area contributed by atoms with Crippen LogP contribution < -0.4 is 10.3 Å². The van der Waals surface area contributed by atoms with Crippen molar-refractivity contribution in [2.75, 3.05) is 19.8 Å². The monoisotopic (exact) mass is 466 g/mol. The number of aromatic carboxylic acids is 1. The minimum atomic E-state index is -3.70. The first-order chi connectivity index (χ1) is 14.8. The zero-order valence-corrected chi connectivity index (χ0v) is 19.2. The summed E-state index contributed by atoms with van der Waals surface area (Å²) in [7, 11) is -2.27. The van der Waals surface area contributed by atoms with E-state index in [0.29, 0.717) is 18.4 Å². The number of hydrogen-bond donors (Lipinski definition) is 1. The predicted octanol–water partition coefficient (Wildman–Crippen LogP) is 1.50. The first kappa shape index (κ1) is 22.7. The van der Waals surface area contributed by atoms with Crippen LogP contribution in [0.2, 0.25) is 0 Å². The third-order valence-electron chi connectivity index (χ3n) is 6.26. The molecule has 2 aromatic heterocycles. The molecule has 0 atom stereocenters. The zero-order valence-electron chi connectivity index (χ0n) is 18.4. The van der Waals surface area contributed by atoms with Crippen molar-refractivity contribution in [3.63, 3.8) is 0 Å². The Morgan fingerprint density at radius 1 is 1.25 bits per heavy atom. The minimum Gasteiger partial charge on any atom is -0.490 e. The van der Waals surface area contributed by atoms with Gasteiger partial charge in [-0.3, -0.25) is 9.78 Å². The molecule has 1 saturated carbocycles. The number of nitrogens with zero attached hydrogens (tertiary/aromatic N) is 2. The molecule has 11 heteroatoms. The van der Waals surface area contributed by atoms with Crippen molar-refractivity contribution < 1.29 is 32.5 Å². The van der Waals surface area contributed by atoms with E-state index in [-0.39, 0.29) is 31.1 Å². The maximum atomic E-state index is 13.6. The highest BCUT2D eigenvalue weighted by atomic mass is 32.2. The summed E-state index contributed by atoms with van der Waals surface area (Å²) in [6.45, 7) is 5.04. The quantitative estimate of drug-likeness (QED) is 0.672. The standard InChI is InChI=1S/C21H26N2O8S/c1-19(2)30-10-20(3,11-31-19)32(27,28)21(6-7-21)12-29-15-5-8-22-14-9-13(18(25)26)17(24)23(4)16(14)15/h5,8-9H,6-7,10-12H2,1-4H3,(H,25,26). The van der Waals surface area contributed by atoms with Crippen molar-refractivity contribution in [3.05, 3.63) is 34.2 Å². The average molecular weight is 467 g/mol. The van der Waals surface area contributed by atoms with E-state index in [1.54, 1.807) is 20.8 Å². The van der Waals surface area contributed by atoms with E-state index in [1.165, 1.54) is 25.4 Å². The Bertz CT molecular complexity index is 1250. The number of rotatable bonds is 6. The van der Waals surface area contributed by atoms with E-state index in [1.807, 2.05) is 0 Å². The Labute approximate surface area is 185 Å². The van der Waals surface area contributed by atoms with Gasteiger partial charge in [0.25, 0.3) is 5.56 Å². The molecule has 1 N–H and O–H groups in total. The zero-order chi connectivity index (χ0) is 23.5. The lowest BCUT2D eigenvalue weighted by Crippen LogP contribution is -2.57. The van der Waals surface area contributed by atoms with Gasteiger partial charge in [0.15, 0.2) is 15.6 Å². The summed E-state index contributed by atoms with van der Waals surface area (Å²) < 4.78 is 43.2. The summed E-state index contributed by atoms with van der Waals surface area (Å²) in [4.78, 5) is 27.9. The first-order valence-corrected chi connectivity index (χ1v) is 11.7. The molecule has 0 aromatic carbocycles. The van der Waals surface area contributed by atoms with Gasteiger partial charge in [-0.15, -0.1) is 0 Å². The summed E-state index contributed by atoms with van der Waals surface area (Å²) in [6, 6.07) is 2.72. The van der Waals surface area contributed by atoms with Gasteiger partial charge in [-0.25, -0.2) is 13.2 Å². The van der Waals surface area contributed by atoms with E-state index >= 15 is 0 Å². The lowest BCUT2D eigenvalue weighted by molar-refractivity contribution is -0.254. The normalized spacial score (nSPS) is 21.2. The average Bonchev–Trinajstić information content (AvgIpc) is 3.52. The Morgan fingerprint density at radius 2 is 1.88 bits per heavy atom. The Hall–Kier alpha value is -2.50. The molecule has 4 rings (SSSR count). The number of sulfone groups is 1. The van der Waals surface area contributed by atoms with Gasteiger partial charge in [0.1, 0.15) is 32.9 Å². The van der Waals surface area contributed by atoms with Gasteiger partial charge in [-0.2, -0.15) is 0 Å². The third-order valence-corrected chi connectivity index (χ3v) is 9.46. The molecule has 2 aromatic rings. The third kappa shape index (κ3) is 3.48. The lowest BCUT2D eigenvalue weighted by atomic mass is 10.1. The number of carboxylic acids is 1. The van der Waals surface area contributed by atoms with Crippen LogP contribution in [0.4, 0.5) is 0 Å². The molecule has 32 heavy (non-hydrogen) atoms. The van der Waals surface area contributed by atoms with Crippen molar-refractivity contribution in [2.45, 2.75) is 48.9 Å². The number of carbonyl (C=O) groups is 1. The molecule has 0 radical (unpaired) electrons. The van der Waals surface area contributed by atoms with Crippen molar-refractivity contribution in [2.24, 2.45) is 7.05 Å². The molecule has 174 valence electrons. The highest BCUT2D eigenvalue weighted by molar-refractivity contribution is 7.94.